The summed E-state index contributed by atoms with van der Waals surface area (Å²) in [4.78, 5) is 5.76. The van der Waals surface area contributed by atoms with Gasteiger partial charge in [0.05, 0.1) is 27.6 Å². The van der Waals surface area contributed by atoms with Gasteiger partial charge in [0.15, 0.2) is 0 Å². The maximum Gasteiger partial charge on any atom is 0.0664 e. The van der Waals surface area contributed by atoms with Crippen LogP contribution in [0.3, 0.4) is 0 Å². The van der Waals surface area contributed by atoms with E-state index in [1.807, 2.05) is 30.3 Å². The lowest BCUT2D eigenvalue weighted by molar-refractivity contribution is 0.684. The van der Waals surface area contributed by atoms with Crippen molar-refractivity contribution in [2.45, 2.75) is 9.79 Å². The summed E-state index contributed by atoms with van der Waals surface area (Å²) < 4.78 is 12.0. The lowest BCUT2D eigenvalue weighted by Gasteiger charge is -2.05. The fraction of sp³-hybridized carbons (Fsp3) is 0.154. The number of hydrogen-bond acceptors (Lipinski definition) is 4. The Morgan fingerprint density at radius 2 is 2.00 bits per heavy atom. The van der Waals surface area contributed by atoms with E-state index in [-0.39, 0.29) is 0 Å². The predicted octanol–water partition coefficient (Wildman–Crippen LogP) is 2.56. The van der Waals surface area contributed by atoms with Gasteiger partial charge in [-0.25, -0.2) is 0 Å². The van der Waals surface area contributed by atoms with Crippen molar-refractivity contribution in [2.75, 3.05) is 17.2 Å². The van der Waals surface area contributed by atoms with Crippen molar-refractivity contribution in [3.05, 3.63) is 48.8 Å². The Kier molecular flexibility index (Phi) is 4.78. The van der Waals surface area contributed by atoms with Crippen molar-refractivity contribution in [3.63, 3.8) is 0 Å². The molecule has 0 radical (unpaired) electrons. The topological polar surface area (TPSA) is 56.0 Å². The van der Waals surface area contributed by atoms with Gasteiger partial charge in [-0.3, -0.25) is 9.19 Å². The van der Waals surface area contributed by atoms with Crippen LogP contribution in [0.2, 0.25) is 0 Å². The molecule has 1 heterocycles. The lowest BCUT2D eigenvalue weighted by Crippen LogP contribution is -2.04. The van der Waals surface area contributed by atoms with E-state index in [4.69, 9.17) is 5.73 Å². The molecule has 1 aromatic heterocycles. The number of aromatic nitrogens is 1. The van der Waals surface area contributed by atoms with E-state index >= 15 is 0 Å². The maximum absolute atomic E-state index is 12.0. The average Bonchev–Trinajstić information content (AvgIpc) is 2.40. The molecule has 0 amide bonds. The molecule has 0 spiro atoms. The first-order valence-electron chi connectivity index (χ1n) is 5.53. The summed E-state index contributed by atoms with van der Waals surface area (Å²) in [6.45, 7) is 0. The largest absolute Gasteiger partial charge is 0.396 e. The number of benzene rings is 1. The number of hydrogen-bond donors (Lipinski definition) is 1. The van der Waals surface area contributed by atoms with E-state index in [9.17, 15) is 4.21 Å². The summed E-state index contributed by atoms with van der Waals surface area (Å²) in [6, 6.07) is 11.8. The minimum Gasteiger partial charge on any atom is -0.396 e. The number of nitrogens with zero attached hydrogens (tertiary/aromatic N) is 1. The molecule has 2 N–H and O–H groups in total. The first-order chi connectivity index (χ1) is 8.77. The van der Waals surface area contributed by atoms with Gasteiger partial charge in [0, 0.05) is 22.6 Å². The van der Waals surface area contributed by atoms with Crippen LogP contribution in [-0.2, 0) is 10.8 Å². The summed E-state index contributed by atoms with van der Waals surface area (Å²) in [5.41, 5.74) is 6.24. The molecule has 0 fully saturated rings. The Bertz CT molecular complexity index is 532. The Labute approximate surface area is 113 Å². The third-order valence-corrected chi connectivity index (χ3v) is 5.05. The highest BCUT2D eigenvalue weighted by Gasteiger charge is 2.07. The van der Waals surface area contributed by atoms with Gasteiger partial charge in [0.2, 0.25) is 0 Å². The molecule has 18 heavy (non-hydrogen) atoms. The maximum atomic E-state index is 12.0. The van der Waals surface area contributed by atoms with Crippen LogP contribution in [0.5, 0.6) is 0 Å². The van der Waals surface area contributed by atoms with Crippen LogP contribution in [0, 0.1) is 0 Å². The van der Waals surface area contributed by atoms with Gasteiger partial charge in [-0.15, -0.1) is 11.8 Å². The monoisotopic (exact) mass is 278 g/mol. The molecule has 0 aliphatic carbocycles. The molecule has 0 aliphatic rings. The second-order valence-electron chi connectivity index (χ2n) is 3.62. The summed E-state index contributed by atoms with van der Waals surface area (Å²) in [5, 5.41) is 0. The highest BCUT2D eigenvalue weighted by molar-refractivity contribution is 8.00. The summed E-state index contributed by atoms with van der Waals surface area (Å²) in [5.74, 6) is 1.40. The second-order valence-corrected chi connectivity index (χ2v) is 6.33. The van der Waals surface area contributed by atoms with Crippen molar-refractivity contribution >= 4 is 28.2 Å². The van der Waals surface area contributed by atoms with Gasteiger partial charge in [-0.1, -0.05) is 18.2 Å². The third-order valence-electron chi connectivity index (χ3n) is 2.34. The highest BCUT2D eigenvalue weighted by Crippen LogP contribution is 2.19. The number of pyridine rings is 1. The fourth-order valence-corrected chi connectivity index (χ4v) is 3.74. The number of thioether (sulfide) groups is 1. The summed E-state index contributed by atoms with van der Waals surface area (Å²) in [6.07, 6.45) is 3.16. The van der Waals surface area contributed by atoms with E-state index < -0.39 is 10.8 Å². The molecule has 3 nitrogen and oxygen atoms in total. The van der Waals surface area contributed by atoms with E-state index in [1.165, 1.54) is 11.1 Å². The van der Waals surface area contributed by atoms with Gasteiger partial charge in [-0.2, -0.15) is 0 Å². The van der Waals surface area contributed by atoms with E-state index in [0.717, 1.165) is 5.75 Å². The normalized spacial score (nSPS) is 12.2. The number of nitrogens with two attached hydrogens (primary N) is 1. The third kappa shape index (κ3) is 3.58. The van der Waals surface area contributed by atoms with Gasteiger partial charge < -0.3 is 5.73 Å². The Balaban J connectivity index is 1.88. The number of rotatable bonds is 5. The quantitative estimate of drug-likeness (QED) is 0.854. The number of anilines is 1. The zero-order valence-corrected chi connectivity index (χ0v) is 11.4. The molecule has 2 rings (SSSR count). The Morgan fingerprint density at radius 3 is 2.72 bits per heavy atom. The van der Waals surface area contributed by atoms with Crippen LogP contribution in [-0.4, -0.2) is 20.7 Å². The van der Waals surface area contributed by atoms with Crippen molar-refractivity contribution in [3.8, 4) is 0 Å². The van der Waals surface area contributed by atoms with Crippen LogP contribution < -0.4 is 5.73 Å². The van der Waals surface area contributed by atoms with Gasteiger partial charge in [-0.05, 0) is 18.2 Å². The predicted molar refractivity (Wildman–Crippen MR) is 77.1 cm³/mol. The van der Waals surface area contributed by atoms with Crippen LogP contribution in [0.4, 0.5) is 5.69 Å². The van der Waals surface area contributed by atoms with E-state index in [2.05, 4.69) is 4.98 Å². The van der Waals surface area contributed by atoms with Gasteiger partial charge in [0.25, 0.3) is 0 Å². The molecular weight excluding hydrogens is 264 g/mol. The molecule has 1 unspecified atom stereocenters. The van der Waals surface area contributed by atoms with Crippen LogP contribution >= 0.6 is 11.8 Å². The highest BCUT2D eigenvalue weighted by atomic mass is 32.2. The lowest BCUT2D eigenvalue weighted by atomic mass is 10.4. The molecule has 0 bridgehead atoms. The second kappa shape index (κ2) is 6.56. The molecule has 5 heteroatoms. The van der Waals surface area contributed by atoms with Crippen LogP contribution in [0.1, 0.15) is 0 Å². The van der Waals surface area contributed by atoms with Crippen molar-refractivity contribution < 1.29 is 4.21 Å². The SMILES string of the molecule is Nc1cnccc1S(=O)CCSc1ccccc1. The van der Waals surface area contributed by atoms with E-state index in [0.29, 0.717) is 16.3 Å². The fourth-order valence-electron chi connectivity index (χ4n) is 1.46. The molecular formula is C13H14N2OS2. The molecule has 2 aromatic rings. The minimum absolute atomic E-state index is 0.501. The van der Waals surface area contributed by atoms with Crippen molar-refractivity contribution in [1.82, 2.24) is 4.98 Å². The Hall–Kier alpha value is -1.33. The molecule has 0 aliphatic heterocycles. The molecule has 1 atom stereocenters. The van der Waals surface area contributed by atoms with Crippen LogP contribution in [0.15, 0.2) is 58.6 Å². The zero-order valence-electron chi connectivity index (χ0n) is 9.78. The summed E-state index contributed by atoms with van der Waals surface area (Å²) in [7, 11) is -1.05. The molecule has 0 saturated carbocycles. The average molecular weight is 278 g/mol. The molecule has 94 valence electrons. The van der Waals surface area contributed by atoms with Crippen LogP contribution in [0.25, 0.3) is 0 Å². The standard InChI is InChI=1S/C13H14N2OS2/c14-12-10-15-7-6-13(12)18(16)9-8-17-11-4-2-1-3-5-11/h1-7,10H,8-9,14H2. The zero-order chi connectivity index (χ0) is 12.8. The molecule has 0 saturated heterocycles. The smallest absolute Gasteiger partial charge is 0.0664 e. The van der Waals surface area contributed by atoms with E-state index in [1.54, 1.807) is 24.0 Å². The number of nitrogen functional groups attached to an aromatic ring is 1. The van der Waals surface area contributed by atoms with Gasteiger partial charge in [0.1, 0.15) is 0 Å². The molecule has 1 aromatic carbocycles. The van der Waals surface area contributed by atoms with Crippen molar-refractivity contribution in [1.29, 1.82) is 0 Å². The Morgan fingerprint density at radius 1 is 1.22 bits per heavy atom. The first-order valence-corrected chi connectivity index (χ1v) is 7.83. The minimum atomic E-state index is -1.05. The summed E-state index contributed by atoms with van der Waals surface area (Å²) >= 11 is 1.70. The van der Waals surface area contributed by atoms with Gasteiger partial charge >= 0.3 is 0 Å². The van der Waals surface area contributed by atoms with Crippen molar-refractivity contribution in [2.24, 2.45) is 0 Å². The first kappa shape index (κ1) is 13.1.